The van der Waals surface area contributed by atoms with Crippen LogP contribution in [0.5, 0.6) is 0 Å². The highest BCUT2D eigenvalue weighted by Crippen LogP contribution is 2.27. The van der Waals surface area contributed by atoms with E-state index in [1.165, 1.54) is 0 Å². The summed E-state index contributed by atoms with van der Waals surface area (Å²) in [5, 5.41) is 29.3. The van der Waals surface area contributed by atoms with Crippen LogP contribution >= 0.6 is 0 Å². The van der Waals surface area contributed by atoms with Crippen molar-refractivity contribution in [3.63, 3.8) is 0 Å². The number of hydrogen-bond donors (Lipinski definition) is 2. The Kier molecular flexibility index (Phi) is 3.40. The van der Waals surface area contributed by atoms with E-state index >= 15 is 0 Å². The first-order valence-electron chi connectivity index (χ1n) is 6.43. The number of rotatable bonds is 2. The highest BCUT2D eigenvalue weighted by molar-refractivity contribution is 6.59. The molecule has 3 aromatic rings. The number of nitrogens with zero attached hydrogens (tertiary/aromatic N) is 2. The van der Waals surface area contributed by atoms with E-state index in [1.54, 1.807) is 36.7 Å². The molecule has 1 aromatic heterocycles. The molecule has 2 aromatic carbocycles. The predicted octanol–water partition coefficient (Wildman–Crippen LogP) is 1.45. The summed E-state index contributed by atoms with van der Waals surface area (Å²) in [6.45, 7) is 0. The number of benzene rings is 2. The average Bonchev–Trinajstić information content (AvgIpc) is 2.54. The zero-order valence-electron chi connectivity index (χ0n) is 11.1. The molecule has 100 valence electrons. The van der Waals surface area contributed by atoms with Gasteiger partial charge in [-0.2, -0.15) is 5.26 Å². The van der Waals surface area contributed by atoms with Crippen LogP contribution in [0.15, 0.2) is 54.9 Å². The maximum atomic E-state index is 9.32. The van der Waals surface area contributed by atoms with Gasteiger partial charge in [0.25, 0.3) is 0 Å². The normalized spacial score (nSPS) is 10.3. The van der Waals surface area contributed by atoms with Crippen LogP contribution in [-0.2, 0) is 0 Å². The molecule has 0 bridgehead atoms. The van der Waals surface area contributed by atoms with Gasteiger partial charge >= 0.3 is 7.12 Å². The van der Waals surface area contributed by atoms with Crippen molar-refractivity contribution in [2.45, 2.75) is 0 Å². The van der Waals surface area contributed by atoms with E-state index in [2.05, 4.69) is 11.1 Å². The van der Waals surface area contributed by atoms with E-state index in [0.717, 1.165) is 21.9 Å². The smallest absolute Gasteiger partial charge is 0.423 e. The quantitative estimate of drug-likeness (QED) is 0.693. The molecule has 0 amide bonds. The molecular formula is C16H11BN2O2. The summed E-state index contributed by atoms with van der Waals surface area (Å²) in [4.78, 5) is 4.22. The molecule has 0 aliphatic rings. The standard InChI is InChI=1S/C16H11BN2O2/c18-8-11-1-3-12(4-2-11)16-10-19-9-13-5-6-14(17(20)21)7-15(13)16/h1-7,9-10,20-21H. The summed E-state index contributed by atoms with van der Waals surface area (Å²) in [5.41, 5.74) is 2.85. The summed E-state index contributed by atoms with van der Waals surface area (Å²) in [7, 11) is -1.50. The number of nitriles is 1. The molecule has 1 heterocycles. The largest absolute Gasteiger partial charge is 0.488 e. The lowest BCUT2D eigenvalue weighted by Crippen LogP contribution is -2.29. The topological polar surface area (TPSA) is 77.1 Å². The minimum absolute atomic E-state index is 0.434. The van der Waals surface area contributed by atoms with Gasteiger partial charge < -0.3 is 10.0 Å². The minimum Gasteiger partial charge on any atom is -0.423 e. The zero-order chi connectivity index (χ0) is 14.8. The van der Waals surface area contributed by atoms with Gasteiger partial charge in [0.15, 0.2) is 0 Å². The van der Waals surface area contributed by atoms with E-state index < -0.39 is 7.12 Å². The zero-order valence-corrected chi connectivity index (χ0v) is 11.1. The van der Waals surface area contributed by atoms with Crippen molar-refractivity contribution >= 4 is 23.4 Å². The molecule has 0 aliphatic carbocycles. The van der Waals surface area contributed by atoms with E-state index in [0.29, 0.717) is 11.0 Å². The number of pyridine rings is 1. The summed E-state index contributed by atoms with van der Waals surface area (Å²) >= 11 is 0. The summed E-state index contributed by atoms with van der Waals surface area (Å²) in [5.74, 6) is 0. The Morgan fingerprint density at radius 3 is 2.43 bits per heavy atom. The van der Waals surface area contributed by atoms with Gasteiger partial charge in [0, 0.05) is 23.3 Å². The van der Waals surface area contributed by atoms with Gasteiger partial charge in [0.1, 0.15) is 0 Å². The molecule has 0 spiro atoms. The number of aromatic nitrogens is 1. The Morgan fingerprint density at radius 1 is 1.00 bits per heavy atom. The Bertz CT molecular complexity index is 839. The van der Waals surface area contributed by atoms with Crippen LogP contribution in [0.4, 0.5) is 0 Å². The van der Waals surface area contributed by atoms with Crippen LogP contribution in [0.25, 0.3) is 21.9 Å². The summed E-state index contributed by atoms with van der Waals surface area (Å²) in [6.07, 6.45) is 3.47. The molecule has 3 rings (SSSR count). The monoisotopic (exact) mass is 274 g/mol. The highest BCUT2D eigenvalue weighted by Gasteiger charge is 2.13. The first-order chi connectivity index (χ1) is 10.2. The van der Waals surface area contributed by atoms with Crippen molar-refractivity contribution in [3.05, 3.63) is 60.4 Å². The van der Waals surface area contributed by atoms with Gasteiger partial charge in [0.2, 0.25) is 0 Å². The fourth-order valence-electron chi connectivity index (χ4n) is 2.30. The van der Waals surface area contributed by atoms with Crippen LogP contribution < -0.4 is 5.46 Å². The van der Waals surface area contributed by atoms with Gasteiger partial charge in [-0.3, -0.25) is 4.98 Å². The van der Waals surface area contributed by atoms with E-state index in [1.807, 2.05) is 18.2 Å². The first-order valence-corrected chi connectivity index (χ1v) is 6.43. The third kappa shape index (κ3) is 2.50. The Hall–Kier alpha value is -2.68. The predicted molar refractivity (Wildman–Crippen MR) is 81.7 cm³/mol. The van der Waals surface area contributed by atoms with Gasteiger partial charge in [0.05, 0.1) is 11.6 Å². The molecule has 4 nitrogen and oxygen atoms in total. The highest BCUT2D eigenvalue weighted by atomic mass is 16.4. The first kappa shape index (κ1) is 13.3. The van der Waals surface area contributed by atoms with Crippen LogP contribution in [0.1, 0.15) is 5.56 Å². The van der Waals surface area contributed by atoms with Crippen LogP contribution in [0.3, 0.4) is 0 Å². The third-order valence-electron chi connectivity index (χ3n) is 3.41. The molecule has 0 atom stereocenters. The molecule has 0 aliphatic heterocycles. The molecule has 0 radical (unpaired) electrons. The minimum atomic E-state index is -1.50. The molecule has 21 heavy (non-hydrogen) atoms. The van der Waals surface area contributed by atoms with Gasteiger partial charge in [-0.25, -0.2) is 0 Å². The van der Waals surface area contributed by atoms with E-state index in [4.69, 9.17) is 5.26 Å². The number of fused-ring (bicyclic) bond motifs is 1. The fraction of sp³-hybridized carbons (Fsp3) is 0. The molecule has 0 saturated heterocycles. The summed E-state index contributed by atoms with van der Waals surface area (Å²) in [6, 6.07) is 14.5. The molecule has 5 heteroatoms. The van der Waals surface area contributed by atoms with Crippen LogP contribution in [0.2, 0.25) is 0 Å². The van der Waals surface area contributed by atoms with Crippen LogP contribution in [-0.4, -0.2) is 22.2 Å². The summed E-state index contributed by atoms with van der Waals surface area (Å²) < 4.78 is 0. The van der Waals surface area contributed by atoms with Crippen molar-refractivity contribution in [1.82, 2.24) is 4.98 Å². The Balaban J connectivity index is 2.21. The molecule has 2 N–H and O–H groups in total. The fourth-order valence-corrected chi connectivity index (χ4v) is 2.30. The lowest BCUT2D eigenvalue weighted by molar-refractivity contribution is 0.426. The number of hydrogen-bond acceptors (Lipinski definition) is 4. The molecule has 0 saturated carbocycles. The van der Waals surface area contributed by atoms with Crippen molar-refractivity contribution in [2.75, 3.05) is 0 Å². The third-order valence-corrected chi connectivity index (χ3v) is 3.41. The van der Waals surface area contributed by atoms with Gasteiger partial charge in [-0.15, -0.1) is 0 Å². The van der Waals surface area contributed by atoms with Gasteiger partial charge in [-0.05, 0) is 28.5 Å². The maximum Gasteiger partial charge on any atom is 0.488 e. The van der Waals surface area contributed by atoms with Crippen molar-refractivity contribution in [2.24, 2.45) is 0 Å². The lowest BCUT2D eigenvalue weighted by atomic mass is 9.79. The molecular weight excluding hydrogens is 263 g/mol. The SMILES string of the molecule is N#Cc1ccc(-c2cncc3ccc(B(O)O)cc23)cc1. The Labute approximate surface area is 122 Å². The molecule has 0 unspecified atom stereocenters. The van der Waals surface area contributed by atoms with E-state index in [-0.39, 0.29) is 0 Å². The second-order valence-corrected chi connectivity index (χ2v) is 4.73. The average molecular weight is 274 g/mol. The molecule has 0 fully saturated rings. The second-order valence-electron chi connectivity index (χ2n) is 4.73. The van der Waals surface area contributed by atoms with E-state index in [9.17, 15) is 10.0 Å². The Morgan fingerprint density at radius 2 is 1.76 bits per heavy atom. The lowest BCUT2D eigenvalue weighted by Gasteiger charge is -2.08. The maximum absolute atomic E-state index is 9.32. The van der Waals surface area contributed by atoms with Crippen molar-refractivity contribution in [1.29, 1.82) is 5.26 Å². The second kappa shape index (κ2) is 5.37. The van der Waals surface area contributed by atoms with Crippen molar-refractivity contribution in [3.8, 4) is 17.2 Å². The van der Waals surface area contributed by atoms with Gasteiger partial charge in [-0.1, -0.05) is 30.3 Å². The van der Waals surface area contributed by atoms with Crippen LogP contribution in [0, 0.1) is 11.3 Å². The van der Waals surface area contributed by atoms with Crippen molar-refractivity contribution < 1.29 is 10.0 Å².